The Morgan fingerprint density at radius 3 is 2.80 bits per heavy atom. The second kappa shape index (κ2) is 7.51. The third-order valence-corrected chi connectivity index (χ3v) is 6.53. The maximum atomic E-state index is 14.4. The summed E-state index contributed by atoms with van der Waals surface area (Å²) in [6.07, 6.45) is 7.10. The van der Waals surface area contributed by atoms with Crippen LogP contribution in [0.15, 0.2) is 48.2 Å². The lowest BCUT2D eigenvalue weighted by Gasteiger charge is -2.31. The van der Waals surface area contributed by atoms with Crippen molar-refractivity contribution in [1.29, 1.82) is 0 Å². The summed E-state index contributed by atoms with van der Waals surface area (Å²) in [7, 11) is 0. The number of halogens is 2. The number of hydrogen-bond acceptors (Lipinski definition) is 4. The first kappa shape index (κ1) is 19.2. The first-order chi connectivity index (χ1) is 14.5. The van der Waals surface area contributed by atoms with Crippen LogP contribution in [0.2, 0.25) is 5.02 Å². The Kier molecular flexibility index (Phi) is 4.82. The number of allylic oxidation sites excluding steroid dienone is 3. The highest BCUT2D eigenvalue weighted by Crippen LogP contribution is 2.43. The fourth-order valence-electron chi connectivity index (χ4n) is 4.55. The van der Waals surface area contributed by atoms with Crippen LogP contribution in [0.3, 0.4) is 0 Å². The van der Waals surface area contributed by atoms with E-state index in [0.29, 0.717) is 29.6 Å². The van der Waals surface area contributed by atoms with E-state index in [1.165, 1.54) is 0 Å². The number of aromatic amines is 1. The van der Waals surface area contributed by atoms with Crippen LogP contribution in [-0.2, 0) is 0 Å². The zero-order valence-electron chi connectivity index (χ0n) is 17.0. The van der Waals surface area contributed by atoms with Gasteiger partial charge in [0.2, 0.25) is 0 Å². The summed E-state index contributed by atoms with van der Waals surface area (Å²) in [5.74, 6) is 1.82. The number of rotatable bonds is 3. The van der Waals surface area contributed by atoms with Gasteiger partial charge in [0, 0.05) is 41.7 Å². The van der Waals surface area contributed by atoms with Gasteiger partial charge in [-0.15, -0.1) is 0 Å². The van der Waals surface area contributed by atoms with Gasteiger partial charge >= 0.3 is 0 Å². The quantitative estimate of drug-likeness (QED) is 0.582. The second-order valence-corrected chi connectivity index (χ2v) is 8.58. The lowest BCUT2D eigenvalue weighted by molar-refractivity contribution is 0.289. The van der Waals surface area contributed by atoms with Crippen molar-refractivity contribution in [3.63, 3.8) is 0 Å². The molecule has 0 amide bonds. The number of likely N-dealkylation sites (tertiary alicyclic amines) is 1. The zero-order valence-corrected chi connectivity index (χ0v) is 17.7. The van der Waals surface area contributed by atoms with Gasteiger partial charge in [0.05, 0.1) is 17.1 Å². The van der Waals surface area contributed by atoms with Crippen molar-refractivity contribution < 1.29 is 4.39 Å². The van der Waals surface area contributed by atoms with E-state index < -0.39 is 0 Å². The van der Waals surface area contributed by atoms with Crippen molar-refractivity contribution >= 4 is 28.2 Å². The summed E-state index contributed by atoms with van der Waals surface area (Å²) in [6.45, 7) is 5.04. The predicted molar refractivity (Wildman–Crippen MR) is 116 cm³/mol. The SMILES string of the molecule is Cc1cc2[nH]c([C@@H]3[C@@H](C)CCN3C3=C(c4ncccn4)CCC(F)=C3)nc2cc1Cl. The molecule has 0 bridgehead atoms. The zero-order chi connectivity index (χ0) is 20.8. The number of fused-ring (bicyclic) bond motifs is 1. The van der Waals surface area contributed by atoms with Crippen LogP contribution < -0.4 is 0 Å². The number of aryl methyl sites for hydroxylation is 1. The minimum absolute atomic E-state index is 0.0207. The number of imidazole rings is 1. The molecule has 1 fully saturated rings. The Bertz CT molecular complexity index is 1130. The van der Waals surface area contributed by atoms with E-state index in [9.17, 15) is 4.39 Å². The predicted octanol–water partition coefficient (Wildman–Crippen LogP) is 5.76. The third kappa shape index (κ3) is 3.29. The lowest BCUT2D eigenvalue weighted by Crippen LogP contribution is -2.27. The molecule has 30 heavy (non-hydrogen) atoms. The monoisotopic (exact) mass is 423 g/mol. The highest BCUT2D eigenvalue weighted by molar-refractivity contribution is 6.32. The summed E-state index contributed by atoms with van der Waals surface area (Å²) in [5.41, 5.74) is 4.70. The standard InChI is InChI=1S/C23H23ClFN5/c1-13-6-9-30(20-11-15(25)4-5-16(20)22-26-7-3-8-27-22)21(13)23-28-18-10-14(2)17(24)12-19(18)29-23/h3,7-8,10-13,21H,4-6,9H2,1-2H3,(H,28,29)/t13-,21-/m0/s1. The first-order valence-corrected chi connectivity index (χ1v) is 10.7. The molecule has 0 unspecified atom stereocenters. The number of hydrogen-bond donors (Lipinski definition) is 1. The van der Waals surface area contributed by atoms with Gasteiger partial charge in [-0.05, 0) is 55.5 Å². The molecule has 2 aromatic heterocycles. The summed E-state index contributed by atoms with van der Waals surface area (Å²) in [5, 5.41) is 0.709. The number of benzene rings is 1. The van der Waals surface area contributed by atoms with E-state index in [2.05, 4.69) is 26.8 Å². The van der Waals surface area contributed by atoms with Crippen LogP contribution in [0.1, 0.15) is 49.4 Å². The number of H-pyrrole nitrogens is 1. The number of aromatic nitrogens is 4. The Labute approximate surface area is 179 Å². The Morgan fingerprint density at radius 2 is 2.00 bits per heavy atom. The Hall–Kier alpha value is -2.73. The molecule has 1 aromatic carbocycles. The lowest BCUT2D eigenvalue weighted by atomic mass is 9.97. The second-order valence-electron chi connectivity index (χ2n) is 8.17. The van der Waals surface area contributed by atoms with Crippen LogP contribution in [0.5, 0.6) is 0 Å². The van der Waals surface area contributed by atoms with E-state index >= 15 is 0 Å². The van der Waals surface area contributed by atoms with Gasteiger partial charge in [-0.3, -0.25) is 0 Å². The minimum Gasteiger partial charge on any atom is -0.361 e. The van der Waals surface area contributed by atoms with Gasteiger partial charge in [-0.2, -0.15) is 0 Å². The molecule has 5 nitrogen and oxygen atoms in total. The molecule has 154 valence electrons. The number of nitrogens with one attached hydrogen (secondary N) is 1. The molecule has 1 aliphatic carbocycles. The van der Waals surface area contributed by atoms with Crippen LogP contribution in [-0.4, -0.2) is 31.4 Å². The Morgan fingerprint density at radius 1 is 1.20 bits per heavy atom. The first-order valence-electron chi connectivity index (χ1n) is 10.3. The topological polar surface area (TPSA) is 57.7 Å². The fourth-order valence-corrected chi connectivity index (χ4v) is 4.71. The molecule has 1 aliphatic heterocycles. The molecular formula is C23H23ClFN5. The van der Waals surface area contributed by atoms with Crippen molar-refractivity contribution in [3.05, 3.63) is 70.4 Å². The van der Waals surface area contributed by atoms with E-state index in [4.69, 9.17) is 16.6 Å². The van der Waals surface area contributed by atoms with Crippen LogP contribution in [0.4, 0.5) is 4.39 Å². The molecule has 5 rings (SSSR count). The highest BCUT2D eigenvalue weighted by atomic mass is 35.5. The van der Waals surface area contributed by atoms with Crippen LogP contribution in [0.25, 0.3) is 16.6 Å². The summed E-state index contributed by atoms with van der Waals surface area (Å²) >= 11 is 6.30. The van der Waals surface area contributed by atoms with Gasteiger partial charge in [0.1, 0.15) is 11.7 Å². The molecule has 3 heterocycles. The van der Waals surface area contributed by atoms with Gasteiger partial charge < -0.3 is 9.88 Å². The molecule has 2 aliphatic rings. The molecule has 0 spiro atoms. The smallest absolute Gasteiger partial charge is 0.157 e. The van der Waals surface area contributed by atoms with Crippen molar-refractivity contribution in [2.24, 2.45) is 5.92 Å². The maximum absolute atomic E-state index is 14.4. The molecule has 1 saturated heterocycles. The molecule has 2 atom stereocenters. The molecular weight excluding hydrogens is 401 g/mol. The summed E-state index contributed by atoms with van der Waals surface area (Å²) in [4.78, 5) is 19.5. The molecule has 1 N–H and O–H groups in total. The fraction of sp³-hybridized carbons (Fsp3) is 0.348. The van der Waals surface area contributed by atoms with Crippen LogP contribution in [0, 0.1) is 12.8 Å². The normalized spacial score (nSPS) is 22.1. The van der Waals surface area contributed by atoms with E-state index in [-0.39, 0.29) is 11.9 Å². The largest absolute Gasteiger partial charge is 0.361 e. The maximum Gasteiger partial charge on any atom is 0.157 e. The van der Waals surface area contributed by atoms with E-state index in [1.807, 2.05) is 19.1 Å². The van der Waals surface area contributed by atoms with E-state index in [1.54, 1.807) is 24.5 Å². The van der Waals surface area contributed by atoms with Crippen molar-refractivity contribution in [2.45, 2.75) is 39.2 Å². The summed E-state index contributed by atoms with van der Waals surface area (Å²) in [6, 6.07) is 5.75. The van der Waals surface area contributed by atoms with Gasteiger partial charge in [-0.1, -0.05) is 18.5 Å². The van der Waals surface area contributed by atoms with Gasteiger partial charge in [0.25, 0.3) is 0 Å². The molecule has 0 saturated carbocycles. The average Bonchev–Trinajstić information content (AvgIpc) is 3.31. The van der Waals surface area contributed by atoms with Crippen molar-refractivity contribution in [1.82, 2.24) is 24.8 Å². The third-order valence-electron chi connectivity index (χ3n) is 6.12. The van der Waals surface area contributed by atoms with Crippen molar-refractivity contribution in [2.75, 3.05) is 6.54 Å². The molecule has 7 heteroatoms. The average molecular weight is 424 g/mol. The molecule has 3 aromatic rings. The number of nitrogens with zero attached hydrogens (tertiary/aromatic N) is 4. The minimum atomic E-state index is -0.102. The van der Waals surface area contributed by atoms with E-state index in [0.717, 1.165) is 46.7 Å². The van der Waals surface area contributed by atoms with Gasteiger partial charge in [0.15, 0.2) is 5.82 Å². The Balaban J connectivity index is 1.61. The summed E-state index contributed by atoms with van der Waals surface area (Å²) < 4.78 is 14.4. The highest BCUT2D eigenvalue weighted by Gasteiger charge is 2.37. The molecule has 0 radical (unpaired) electrons. The van der Waals surface area contributed by atoms with Crippen LogP contribution >= 0.6 is 11.6 Å². The van der Waals surface area contributed by atoms with Gasteiger partial charge in [-0.25, -0.2) is 19.3 Å². The van der Waals surface area contributed by atoms with Crippen molar-refractivity contribution in [3.8, 4) is 0 Å².